The second-order valence-electron chi connectivity index (χ2n) is 7.32. The molecule has 0 aliphatic heterocycles. The lowest BCUT2D eigenvalue weighted by Gasteiger charge is -2.14. The van der Waals surface area contributed by atoms with Gasteiger partial charge in [-0.2, -0.15) is 0 Å². The Labute approximate surface area is 159 Å². The van der Waals surface area contributed by atoms with Gasteiger partial charge in [0.1, 0.15) is 5.82 Å². The zero-order valence-corrected chi connectivity index (χ0v) is 15.7. The Bertz CT molecular complexity index is 923. The summed E-state index contributed by atoms with van der Waals surface area (Å²) in [5.41, 5.74) is 4.38. The lowest BCUT2D eigenvalue weighted by atomic mass is 10.1. The molecule has 0 saturated heterocycles. The number of hydrogen-bond acceptors (Lipinski definition) is 2. The minimum Gasteiger partial charge on any atom is -0.336 e. The van der Waals surface area contributed by atoms with Crippen molar-refractivity contribution in [1.82, 2.24) is 20.2 Å². The zero-order chi connectivity index (χ0) is 18.6. The van der Waals surface area contributed by atoms with Gasteiger partial charge in [-0.3, -0.25) is 0 Å². The van der Waals surface area contributed by atoms with Gasteiger partial charge in [-0.25, -0.2) is 9.78 Å². The van der Waals surface area contributed by atoms with Crippen LogP contribution in [-0.2, 0) is 6.54 Å². The number of aromatic nitrogens is 2. The lowest BCUT2D eigenvalue weighted by molar-refractivity contribution is 0.237. The molecule has 1 heterocycles. The van der Waals surface area contributed by atoms with Crippen LogP contribution in [0.25, 0.3) is 22.4 Å². The molecule has 2 aromatic carbocycles. The molecule has 2 amide bonds. The molecule has 3 aromatic rings. The predicted octanol–water partition coefficient (Wildman–Crippen LogP) is 4.25. The summed E-state index contributed by atoms with van der Waals surface area (Å²) < 4.78 is 2.19. The van der Waals surface area contributed by atoms with Crippen molar-refractivity contribution < 1.29 is 4.79 Å². The van der Waals surface area contributed by atoms with E-state index in [1.54, 1.807) is 0 Å². The Morgan fingerprint density at radius 2 is 1.85 bits per heavy atom. The molecule has 0 spiro atoms. The van der Waals surface area contributed by atoms with Crippen LogP contribution >= 0.6 is 0 Å². The van der Waals surface area contributed by atoms with Crippen molar-refractivity contribution in [2.75, 3.05) is 6.54 Å². The summed E-state index contributed by atoms with van der Waals surface area (Å²) in [7, 11) is 0. The fourth-order valence-electron chi connectivity index (χ4n) is 3.81. The summed E-state index contributed by atoms with van der Waals surface area (Å²) in [5.74, 6) is 0.939. The number of urea groups is 1. The van der Waals surface area contributed by atoms with Crippen molar-refractivity contribution in [3.05, 3.63) is 54.1 Å². The first kappa shape index (κ1) is 17.6. The Kier molecular flexibility index (Phi) is 5.10. The fraction of sp³-hybridized carbons (Fsp3) is 0.364. The number of hydrogen-bond donors (Lipinski definition) is 2. The van der Waals surface area contributed by atoms with Gasteiger partial charge in [0.2, 0.25) is 0 Å². The monoisotopic (exact) mass is 362 g/mol. The quantitative estimate of drug-likeness (QED) is 0.713. The number of carbonyl (C=O) groups is 1. The summed E-state index contributed by atoms with van der Waals surface area (Å²) in [6, 6.07) is 16.8. The third kappa shape index (κ3) is 3.97. The molecule has 1 saturated carbocycles. The number of fused-ring (bicyclic) bond motifs is 1. The summed E-state index contributed by atoms with van der Waals surface area (Å²) in [6.07, 6.45) is 4.62. The predicted molar refractivity (Wildman–Crippen MR) is 109 cm³/mol. The maximum Gasteiger partial charge on any atom is 0.315 e. The molecule has 0 radical (unpaired) electrons. The first-order valence-corrected chi connectivity index (χ1v) is 9.77. The topological polar surface area (TPSA) is 59.0 Å². The molecule has 0 atom stereocenters. The highest BCUT2D eigenvalue weighted by molar-refractivity contribution is 5.80. The summed E-state index contributed by atoms with van der Waals surface area (Å²) in [6.45, 7) is 3.33. The number of carbonyl (C=O) groups excluding carboxylic acids is 1. The molecule has 0 unspecified atom stereocenters. The normalized spacial score (nSPS) is 14.6. The lowest BCUT2D eigenvalue weighted by Crippen LogP contribution is -2.41. The Balaban J connectivity index is 1.50. The van der Waals surface area contributed by atoms with E-state index in [9.17, 15) is 4.79 Å². The average molecular weight is 362 g/mol. The first-order valence-electron chi connectivity index (χ1n) is 9.77. The van der Waals surface area contributed by atoms with E-state index in [4.69, 9.17) is 4.98 Å². The number of para-hydroxylation sites is 2. The Morgan fingerprint density at radius 3 is 2.63 bits per heavy atom. The van der Waals surface area contributed by atoms with Crippen LogP contribution in [0, 0.1) is 6.92 Å². The van der Waals surface area contributed by atoms with E-state index < -0.39 is 0 Å². The number of rotatable bonds is 5. The molecule has 1 fully saturated rings. The van der Waals surface area contributed by atoms with Crippen LogP contribution in [0.4, 0.5) is 4.79 Å². The average Bonchev–Trinajstić information content (AvgIpc) is 3.30. The highest BCUT2D eigenvalue weighted by Crippen LogP contribution is 2.25. The highest BCUT2D eigenvalue weighted by Gasteiger charge is 2.17. The van der Waals surface area contributed by atoms with Gasteiger partial charge in [0, 0.05) is 24.7 Å². The van der Waals surface area contributed by atoms with Gasteiger partial charge >= 0.3 is 6.03 Å². The summed E-state index contributed by atoms with van der Waals surface area (Å²) in [5, 5.41) is 6.08. The second kappa shape index (κ2) is 7.82. The van der Waals surface area contributed by atoms with Gasteiger partial charge in [0.05, 0.1) is 11.0 Å². The van der Waals surface area contributed by atoms with Gasteiger partial charge in [0.25, 0.3) is 0 Å². The van der Waals surface area contributed by atoms with Gasteiger partial charge < -0.3 is 15.2 Å². The molecular weight excluding hydrogens is 336 g/mol. The number of amides is 2. The SMILES string of the molecule is Cc1ccc(-c2nc3ccccc3n2CCNC(=O)NC2CCCC2)cc1. The van der Waals surface area contributed by atoms with E-state index in [-0.39, 0.29) is 6.03 Å². The van der Waals surface area contributed by atoms with Crippen LogP contribution in [0.3, 0.4) is 0 Å². The van der Waals surface area contributed by atoms with Crippen molar-refractivity contribution in [2.45, 2.75) is 45.2 Å². The molecule has 1 aliphatic rings. The number of aryl methyl sites for hydroxylation is 1. The van der Waals surface area contributed by atoms with E-state index in [2.05, 4.69) is 52.5 Å². The van der Waals surface area contributed by atoms with Gasteiger partial charge in [0.15, 0.2) is 0 Å². The molecule has 5 nitrogen and oxygen atoms in total. The van der Waals surface area contributed by atoms with E-state index >= 15 is 0 Å². The maximum atomic E-state index is 12.1. The van der Waals surface area contributed by atoms with Crippen molar-refractivity contribution in [2.24, 2.45) is 0 Å². The summed E-state index contributed by atoms with van der Waals surface area (Å²) >= 11 is 0. The first-order chi connectivity index (χ1) is 13.2. The Hall–Kier alpha value is -2.82. The van der Waals surface area contributed by atoms with Gasteiger partial charge in [-0.15, -0.1) is 0 Å². The third-order valence-corrected chi connectivity index (χ3v) is 5.28. The van der Waals surface area contributed by atoms with E-state index in [1.165, 1.54) is 18.4 Å². The second-order valence-corrected chi connectivity index (χ2v) is 7.32. The van der Waals surface area contributed by atoms with Crippen molar-refractivity contribution >= 4 is 17.1 Å². The van der Waals surface area contributed by atoms with Gasteiger partial charge in [-0.1, -0.05) is 54.8 Å². The standard InChI is InChI=1S/C22H26N4O/c1-16-10-12-17(13-11-16)21-25-19-8-4-5-9-20(19)26(21)15-14-23-22(27)24-18-6-2-3-7-18/h4-5,8-13,18H,2-3,6-7,14-15H2,1H3,(H2,23,24,27). The van der Waals surface area contributed by atoms with Crippen LogP contribution in [0.5, 0.6) is 0 Å². The van der Waals surface area contributed by atoms with Crippen LogP contribution < -0.4 is 10.6 Å². The van der Waals surface area contributed by atoms with E-state index in [0.717, 1.165) is 35.3 Å². The molecular formula is C22H26N4O. The smallest absolute Gasteiger partial charge is 0.315 e. The molecule has 0 bridgehead atoms. The minimum absolute atomic E-state index is 0.0665. The maximum absolute atomic E-state index is 12.1. The molecule has 4 rings (SSSR count). The van der Waals surface area contributed by atoms with Crippen LogP contribution in [0.15, 0.2) is 48.5 Å². The number of benzene rings is 2. The molecule has 140 valence electrons. The Morgan fingerprint density at radius 1 is 1.11 bits per heavy atom. The van der Waals surface area contributed by atoms with E-state index in [0.29, 0.717) is 19.1 Å². The zero-order valence-electron chi connectivity index (χ0n) is 15.7. The van der Waals surface area contributed by atoms with Crippen molar-refractivity contribution in [1.29, 1.82) is 0 Å². The molecule has 27 heavy (non-hydrogen) atoms. The molecule has 1 aliphatic carbocycles. The van der Waals surface area contributed by atoms with Crippen molar-refractivity contribution in [3.63, 3.8) is 0 Å². The molecule has 2 N–H and O–H groups in total. The number of nitrogens with one attached hydrogen (secondary N) is 2. The highest BCUT2D eigenvalue weighted by atomic mass is 16.2. The van der Waals surface area contributed by atoms with Gasteiger partial charge in [-0.05, 0) is 31.9 Å². The van der Waals surface area contributed by atoms with Crippen LogP contribution in [0.1, 0.15) is 31.2 Å². The third-order valence-electron chi connectivity index (χ3n) is 5.28. The van der Waals surface area contributed by atoms with E-state index in [1.807, 2.05) is 18.2 Å². The number of nitrogens with zero attached hydrogens (tertiary/aromatic N) is 2. The minimum atomic E-state index is -0.0665. The van der Waals surface area contributed by atoms with Crippen LogP contribution in [-0.4, -0.2) is 28.2 Å². The summed E-state index contributed by atoms with van der Waals surface area (Å²) in [4.78, 5) is 17.0. The molecule has 1 aromatic heterocycles. The fourth-order valence-corrected chi connectivity index (χ4v) is 3.81. The number of imidazole rings is 1. The molecule has 5 heteroatoms. The van der Waals surface area contributed by atoms with Crippen molar-refractivity contribution in [3.8, 4) is 11.4 Å². The largest absolute Gasteiger partial charge is 0.336 e. The van der Waals surface area contributed by atoms with Crippen LogP contribution in [0.2, 0.25) is 0 Å².